The zero-order valence-electron chi connectivity index (χ0n) is 22.1. The maximum absolute atomic E-state index is 3.84. The lowest BCUT2D eigenvalue weighted by atomic mass is 9.97. The van der Waals surface area contributed by atoms with Crippen LogP contribution in [-0.4, -0.2) is 43.7 Å². The molecule has 0 bridgehead atoms. The van der Waals surface area contributed by atoms with Gasteiger partial charge in [0.2, 0.25) is 0 Å². The number of piperazine rings is 1. The van der Waals surface area contributed by atoms with Crippen LogP contribution >= 0.6 is 0 Å². The second-order valence-corrected chi connectivity index (χ2v) is 9.66. The van der Waals surface area contributed by atoms with Gasteiger partial charge in [-0.25, -0.2) is 0 Å². The Bertz CT molecular complexity index is 712. The smallest absolute Gasteiger partial charge is 0.0471 e. The molecule has 0 spiro atoms. The van der Waals surface area contributed by atoms with E-state index in [2.05, 4.69) is 85.9 Å². The molecule has 0 radical (unpaired) electrons. The standard InChI is InChI=1S/C29H50N4/c1-7-12-25(13-8-2)23-32-17-19-33(20-18-32)27-16-15-24(6)26(21-27)22-31-29(14-9-3)28(10-4)30-11-5/h10-11,15-16,21,25,29-31H,5,7-9,12-14,17-20,22-23H2,1-4,6H3/b28-10+. The van der Waals surface area contributed by atoms with Gasteiger partial charge in [-0.3, -0.25) is 4.90 Å². The predicted octanol–water partition coefficient (Wildman–Crippen LogP) is 6.23. The number of anilines is 1. The Hall–Kier alpha value is -1.78. The lowest BCUT2D eigenvalue weighted by Crippen LogP contribution is -2.47. The third-order valence-electron chi connectivity index (χ3n) is 7.05. The van der Waals surface area contributed by atoms with Gasteiger partial charge in [-0.05, 0) is 68.5 Å². The van der Waals surface area contributed by atoms with Crippen LogP contribution < -0.4 is 15.5 Å². The molecule has 1 aliphatic heterocycles. The summed E-state index contributed by atoms with van der Waals surface area (Å²) in [5.41, 5.74) is 5.34. The third kappa shape index (κ3) is 8.83. The van der Waals surface area contributed by atoms with E-state index in [0.29, 0.717) is 6.04 Å². The number of hydrogen-bond acceptors (Lipinski definition) is 4. The topological polar surface area (TPSA) is 30.5 Å². The van der Waals surface area contributed by atoms with Crippen LogP contribution in [0.25, 0.3) is 0 Å². The minimum atomic E-state index is 0.323. The summed E-state index contributed by atoms with van der Waals surface area (Å²) in [4.78, 5) is 5.28. The molecule has 2 N–H and O–H groups in total. The number of allylic oxidation sites excluding steroid dienone is 1. The Morgan fingerprint density at radius 1 is 1.03 bits per heavy atom. The SMILES string of the molecule is C=CN/C(=C/C)C(CCC)NCc1cc(N2CCN(CC(CCC)CCC)CC2)ccc1C. The molecule has 0 amide bonds. The van der Waals surface area contributed by atoms with E-state index >= 15 is 0 Å². The van der Waals surface area contributed by atoms with E-state index in [1.807, 2.05) is 0 Å². The molecule has 1 atom stereocenters. The van der Waals surface area contributed by atoms with Gasteiger partial charge in [0.1, 0.15) is 0 Å². The Morgan fingerprint density at radius 2 is 1.70 bits per heavy atom. The Morgan fingerprint density at radius 3 is 2.27 bits per heavy atom. The van der Waals surface area contributed by atoms with Crippen LogP contribution in [0, 0.1) is 12.8 Å². The first-order chi connectivity index (χ1) is 16.1. The van der Waals surface area contributed by atoms with Crippen molar-refractivity contribution in [3.05, 3.63) is 53.9 Å². The summed E-state index contributed by atoms with van der Waals surface area (Å²) in [5.74, 6) is 0.873. The maximum Gasteiger partial charge on any atom is 0.0471 e. The highest BCUT2D eigenvalue weighted by Crippen LogP contribution is 2.23. The lowest BCUT2D eigenvalue weighted by molar-refractivity contribution is 0.206. The van der Waals surface area contributed by atoms with Crippen molar-refractivity contribution in [3.63, 3.8) is 0 Å². The molecular weight excluding hydrogens is 404 g/mol. The normalized spacial score (nSPS) is 16.3. The number of hydrogen-bond donors (Lipinski definition) is 2. The number of aryl methyl sites for hydroxylation is 1. The number of nitrogens with one attached hydrogen (secondary N) is 2. The maximum atomic E-state index is 3.84. The highest BCUT2D eigenvalue weighted by molar-refractivity contribution is 5.51. The fourth-order valence-corrected chi connectivity index (χ4v) is 5.13. The number of benzene rings is 1. The van der Waals surface area contributed by atoms with Crippen LogP contribution in [0.15, 0.2) is 42.8 Å². The van der Waals surface area contributed by atoms with Gasteiger partial charge < -0.3 is 15.5 Å². The second-order valence-electron chi connectivity index (χ2n) is 9.66. The van der Waals surface area contributed by atoms with Gasteiger partial charge in [0.15, 0.2) is 0 Å². The van der Waals surface area contributed by atoms with Gasteiger partial charge in [-0.15, -0.1) is 0 Å². The van der Waals surface area contributed by atoms with Gasteiger partial charge in [0.25, 0.3) is 0 Å². The molecule has 1 saturated heterocycles. The number of rotatable bonds is 15. The predicted molar refractivity (Wildman–Crippen MR) is 146 cm³/mol. The van der Waals surface area contributed by atoms with E-state index in [1.54, 1.807) is 6.20 Å². The molecule has 33 heavy (non-hydrogen) atoms. The van der Waals surface area contributed by atoms with E-state index in [-0.39, 0.29) is 0 Å². The van der Waals surface area contributed by atoms with Crippen LogP contribution in [0.1, 0.15) is 77.3 Å². The first kappa shape index (κ1) is 27.5. The van der Waals surface area contributed by atoms with Crippen LogP contribution in [0.2, 0.25) is 0 Å². The first-order valence-electron chi connectivity index (χ1n) is 13.4. The Kier molecular flexibility index (Phi) is 12.6. The minimum Gasteiger partial charge on any atom is -0.369 e. The minimum absolute atomic E-state index is 0.323. The van der Waals surface area contributed by atoms with Crippen molar-refractivity contribution in [1.82, 2.24) is 15.5 Å². The average molecular weight is 455 g/mol. The summed E-state index contributed by atoms with van der Waals surface area (Å²) in [7, 11) is 0. The van der Waals surface area contributed by atoms with Crippen molar-refractivity contribution in [2.45, 2.75) is 85.7 Å². The Balaban J connectivity index is 1.97. The van der Waals surface area contributed by atoms with Crippen LogP contribution in [0.4, 0.5) is 5.69 Å². The van der Waals surface area contributed by atoms with Crippen molar-refractivity contribution in [2.24, 2.45) is 5.92 Å². The van der Waals surface area contributed by atoms with Crippen molar-refractivity contribution >= 4 is 5.69 Å². The summed E-state index contributed by atoms with van der Waals surface area (Å²) < 4.78 is 0. The van der Waals surface area contributed by atoms with E-state index < -0.39 is 0 Å². The van der Waals surface area contributed by atoms with E-state index in [9.17, 15) is 0 Å². The molecule has 4 heteroatoms. The van der Waals surface area contributed by atoms with Gasteiger partial charge >= 0.3 is 0 Å². The summed E-state index contributed by atoms with van der Waals surface area (Å²) >= 11 is 0. The highest BCUT2D eigenvalue weighted by Gasteiger charge is 2.20. The van der Waals surface area contributed by atoms with Crippen molar-refractivity contribution in [2.75, 3.05) is 37.6 Å². The fourth-order valence-electron chi connectivity index (χ4n) is 5.13. The molecule has 1 fully saturated rings. The summed E-state index contributed by atoms with van der Waals surface area (Å²) in [6, 6.07) is 7.34. The van der Waals surface area contributed by atoms with Gasteiger partial charge in [-0.2, -0.15) is 0 Å². The monoisotopic (exact) mass is 454 g/mol. The fraction of sp³-hybridized carbons (Fsp3) is 0.655. The molecule has 4 nitrogen and oxygen atoms in total. The molecule has 0 aromatic heterocycles. The van der Waals surface area contributed by atoms with Gasteiger partial charge in [-0.1, -0.05) is 58.8 Å². The zero-order chi connectivity index (χ0) is 24.1. The van der Waals surface area contributed by atoms with Crippen molar-refractivity contribution in [1.29, 1.82) is 0 Å². The first-order valence-corrected chi connectivity index (χ1v) is 13.4. The Labute approximate surface area is 204 Å². The zero-order valence-corrected chi connectivity index (χ0v) is 22.1. The molecule has 1 aliphatic rings. The number of nitrogens with zero attached hydrogens (tertiary/aromatic N) is 2. The average Bonchev–Trinajstić information content (AvgIpc) is 2.82. The van der Waals surface area contributed by atoms with E-state index in [4.69, 9.17) is 0 Å². The molecule has 1 aromatic rings. The molecular formula is C29H50N4. The van der Waals surface area contributed by atoms with Crippen LogP contribution in [0.3, 0.4) is 0 Å². The molecule has 0 saturated carbocycles. The molecule has 0 aliphatic carbocycles. The van der Waals surface area contributed by atoms with Gasteiger partial charge in [0.05, 0.1) is 0 Å². The van der Waals surface area contributed by atoms with Crippen LogP contribution in [-0.2, 0) is 6.54 Å². The third-order valence-corrected chi connectivity index (χ3v) is 7.05. The summed E-state index contributed by atoms with van der Waals surface area (Å²) in [5, 5.41) is 7.10. The molecule has 1 unspecified atom stereocenters. The second kappa shape index (κ2) is 15.2. The largest absolute Gasteiger partial charge is 0.369 e. The lowest BCUT2D eigenvalue weighted by Gasteiger charge is -2.38. The van der Waals surface area contributed by atoms with Gasteiger partial charge in [0, 0.05) is 56.7 Å². The summed E-state index contributed by atoms with van der Waals surface area (Å²) in [6.07, 6.45) is 11.6. The molecule has 2 rings (SSSR count). The van der Waals surface area contributed by atoms with Crippen molar-refractivity contribution < 1.29 is 0 Å². The van der Waals surface area contributed by atoms with Crippen molar-refractivity contribution in [3.8, 4) is 0 Å². The van der Waals surface area contributed by atoms with Crippen LogP contribution in [0.5, 0.6) is 0 Å². The summed E-state index contributed by atoms with van der Waals surface area (Å²) in [6.45, 7) is 21.8. The van der Waals surface area contributed by atoms with E-state index in [0.717, 1.165) is 38.4 Å². The van der Waals surface area contributed by atoms with E-state index in [1.165, 1.54) is 67.8 Å². The molecule has 1 aromatic carbocycles. The highest BCUT2D eigenvalue weighted by atomic mass is 15.3. The molecule has 186 valence electrons. The quantitative estimate of drug-likeness (QED) is 0.329. The molecule has 1 heterocycles.